The average molecular weight is 264 g/mol. The van der Waals surface area contributed by atoms with E-state index in [4.69, 9.17) is 5.84 Å². The van der Waals surface area contributed by atoms with Crippen molar-refractivity contribution in [2.24, 2.45) is 5.84 Å². The standard InChI is InChI=1S/C12H16N4O3/c13-14-10-5-4-9(7-11(10)16(18)19)8-15-6-2-1-3-12(15)17/h4-5,7,14H,1-3,6,8,13H2. The number of nitro groups is 1. The largest absolute Gasteiger partial charge is 0.338 e. The molecule has 1 heterocycles. The Bertz CT molecular complexity index is 504. The van der Waals surface area contributed by atoms with Crippen LogP contribution in [-0.4, -0.2) is 22.3 Å². The number of hydrogen-bond acceptors (Lipinski definition) is 5. The summed E-state index contributed by atoms with van der Waals surface area (Å²) in [6.07, 6.45) is 2.46. The van der Waals surface area contributed by atoms with Crippen molar-refractivity contribution in [1.82, 2.24) is 4.90 Å². The minimum atomic E-state index is -0.489. The molecular weight excluding hydrogens is 248 g/mol. The van der Waals surface area contributed by atoms with E-state index in [1.54, 1.807) is 17.0 Å². The Hall–Kier alpha value is -2.15. The number of rotatable bonds is 4. The fourth-order valence-electron chi connectivity index (χ4n) is 2.20. The van der Waals surface area contributed by atoms with Crippen LogP contribution in [0.2, 0.25) is 0 Å². The number of carbonyl (C=O) groups is 1. The smallest absolute Gasteiger partial charge is 0.293 e. The van der Waals surface area contributed by atoms with E-state index in [0.29, 0.717) is 19.5 Å². The van der Waals surface area contributed by atoms with Crippen LogP contribution in [0.5, 0.6) is 0 Å². The number of nitro benzene ring substituents is 1. The van der Waals surface area contributed by atoms with Gasteiger partial charge in [0.1, 0.15) is 5.69 Å². The van der Waals surface area contributed by atoms with Crippen LogP contribution in [0, 0.1) is 10.1 Å². The number of hydrogen-bond donors (Lipinski definition) is 2. The molecule has 0 atom stereocenters. The van der Waals surface area contributed by atoms with Gasteiger partial charge in [-0.3, -0.25) is 20.8 Å². The predicted molar refractivity (Wildman–Crippen MR) is 70.2 cm³/mol. The summed E-state index contributed by atoms with van der Waals surface area (Å²) in [5, 5.41) is 10.9. The van der Waals surface area contributed by atoms with Gasteiger partial charge in [-0.05, 0) is 24.5 Å². The van der Waals surface area contributed by atoms with Crippen molar-refractivity contribution >= 4 is 17.3 Å². The summed E-state index contributed by atoms with van der Waals surface area (Å²) in [6, 6.07) is 4.75. The van der Waals surface area contributed by atoms with Crippen LogP contribution in [0.1, 0.15) is 24.8 Å². The molecule has 0 spiro atoms. The summed E-state index contributed by atoms with van der Waals surface area (Å²) in [7, 11) is 0. The number of nitrogens with one attached hydrogen (secondary N) is 1. The summed E-state index contributed by atoms with van der Waals surface area (Å²) >= 11 is 0. The predicted octanol–water partition coefficient (Wildman–Crippen LogP) is 1.39. The second-order valence-corrected chi connectivity index (χ2v) is 4.53. The molecule has 7 heteroatoms. The summed E-state index contributed by atoms with van der Waals surface area (Å²) in [5.41, 5.74) is 3.21. The number of hydrazine groups is 1. The lowest BCUT2D eigenvalue weighted by molar-refractivity contribution is -0.384. The number of benzene rings is 1. The van der Waals surface area contributed by atoms with Gasteiger partial charge in [0.05, 0.1) is 4.92 Å². The van der Waals surface area contributed by atoms with Gasteiger partial charge in [-0.15, -0.1) is 0 Å². The van der Waals surface area contributed by atoms with Crippen LogP contribution in [0.4, 0.5) is 11.4 Å². The highest BCUT2D eigenvalue weighted by Crippen LogP contribution is 2.25. The SMILES string of the molecule is NNc1ccc(CN2CCCCC2=O)cc1[N+](=O)[O-]. The van der Waals surface area contributed by atoms with E-state index < -0.39 is 4.92 Å². The summed E-state index contributed by atoms with van der Waals surface area (Å²) < 4.78 is 0. The summed E-state index contributed by atoms with van der Waals surface area (Å²) in [5.74, 6) is 5.33. The van der Waals surface area contributed by atoms with Gasteiger partial charge in [0.15, 0.2) is 0 Å². The molecule has 0 aliphatic carbocycles. The van der Waals surface area contributed by atoms with E-state index >= 15 is 0 Å². The minimum absolute atomic E-state index is 0.0792. The molecule has 0 aromatic heterocycles. The Balaban J connectivity index is 2.18. The highest BCUT2D eigenvalue weighted by Gasteiger charge is 2.20. The van der Waals surface area contributed by atoms with Crippen molar-refractivity contribution in [1.29, 1.82) is 0 Å². The zero-order valence-electron chi connectivity index (χ0n) is 10.5. The third-order valence-electron chi connectivity index (χ3n) is 3.21. The van der Waals surface area contributed by atoms with E-state index in [1.807, 2.05) is 0 Å². The lowest BCUT2D eigenvalue weighted by Crippen LogP contribution is -2.34. The Morgan fingerprint density at radius 2 is 2.21 bits per heavy atom. The number of nitrogens with zero attached hydrogens (tertiary/aromatic N) is 2. The third-order valence-corrected chi connectivity index (χ3v) is 3.21. The van der Waals surface area contributed by atoms with E-state index in [0.717, 1.165) is 18.4 Å². The molecule has 1 fully saturated rings. The Morgan fingerprint density at radius 3 is 2.84 bits per heavy atom. The monoisotopic (exact) mass is 264 g/mol. The second kappa shape index (κ2) is 5.66. The number of piperidine rings is 1. The zero-order valence-corrected chi connectivity index (χ0v) is 10.5. The van der Waals surface area contributed by atoms with E-state index in [9.17, 15) is 14.9 Å². The molecule has 1 aromatic carbocycles. The molecule has 0 radical (unpaired) electrons. The van der Waals surface area contributed by atoms with Crippen LogP contribution in [-0.2, 0) is 11.3 Å². The molecule has 0 unspecified atom stereocenters. The van der Waals surface area contributed by atoms with Crippen molar-refractivity contribution in [2.75, 3.05) is 12.0 Å². The normalized spacial score (nSPS) is 15.4. The van der Waals surface area contributed by atoms with Gasteiger partial charge in [0, 0.05) is 25.6 Å². The van der Waals surface area contributed by atoms with Gasteiger partial charge in [0.2, 0.25) is 5.91 Å². The fourth-order valence-corrected chi connectivity index (χ4v) is 2.20. The number of likely N-dealkylation sites (tertiary alicyclic amines) is 1. The first kappa shape index (κ1) is 13.3. The summed E-state index contributed by atoms with van der Waals surface area (Å²) in [4.78, 5) is 23.9. The first-order chi connectivity index (χ1) is 9.11. The van der Waals surface area contributed by atoms with Crippen molar-refractivity contribution in [3.8, 4) is 0 Å². The van der Waals surface area contributed by atoms with E-state index in [2.05, 4.69) is 5.43 Å². The molecule has 7 nitrogen and oxygen atoms in total. The van der Waals surface area contributed by atoms with E-state index in [1.165, 1.54) is 6.07 Å². The molecule has 0 bridgehead atoms. The molecular formula is C12H16N4O3. The molecule has 0 saturated carbocycles. The Kier molecular flexibility index (Phi) is 3.96. The molecule has 102 valence electrons. The maximum atomic E-state index is 11.7. The maximum absolute atomic E-state index is 11.7. The van der Waals surface area contributed by atoms with Crippen molar-refractivity contribution < 1.29 is 9.72 Å². The number of amides is 1. The molecule has 19 heavy (non-hydrogen) atoms. The van der Waals surface area contributed by atoms with Crippen LogP contribution >= 0.6 is 0 Å². The highest BCUT2D eigenvalue weighted by atomic mass is 16.6. The van der Waals surface area contributed by atoms with Gasteiger partial charge in [-0.1, -0.05) is 6.07 Å². The van der Waals surface area contributed by atoms with E-state index in [-0.39, 0.29) is 17.3 Å². The topological polar surface area (TPSA) is 102 Å². The van der Waals surface area contributed by atoms with Gasteiger partial charge in [-0.2, -0.15) is 0 Å². The van der Waals surface area contributed by atoms with Crippen molar-refractivity contribution in [2.45, 2.75) is 25.8 Å². The van der Waals surface area contributed by atoms with Crippen molar-refractivity contribution in [3.63, 3.8) is 0 Å². The number of carbonyl (C=O) groups excluding carboxylic acids is 1. The van der Waals surface area contributed by atoms with Crippen LogP contribution in [0.15, 0.2) is 18.2 Å². The minimum Gasteiger partial charge on any atom is -0.338 e. The van der Waals surface area contributed by atoms with Crippen LogP contribution in [0.3, 0.4) is 0 Å². The summed E-state index contributed by atoms with van der Waals surface area (Å²) in [6.45, 7) is 1.12. The maximum Gasteiger partial charge on any atom is 0.293 e. The first-order valence-electron chi connectivity index (χ1n) is 6.13. The highest BCUT2D eigenvalue weighted by molar-refractivity contribution is 5.77. The van der Waals surface area contributed by atoms with Gasteiger partial charge in [0.25, 0.3) is 5.69 Å². The van der Waals surface area contributed by atoms with Crippen LogP contribution in [0.25, 0.3) is 0 Å². The molecule has 1 aliphatic heterocycles. The number of nitrogens with two attached hydrogens (primary N) is 1. The first-order valence-corrected chi connectivity index (χ1v) is 6.13. The number of nitrogen functional groups attached to an aromatic ring is 1. The Labute approximate surface area is 110 Å². The Morgan fingerprint density at radius 1 is 1.42 bits per heavy atom. The molecule has 1 aromatic rings. The van der Waals surface area contributed by atoms with Crippen LogP contribution < -0.4 is 11.3 Å². The number of anilines is 1. The lowest BCUT2D eigenvalue weighted by Gasteiger charge is -2.26. The molecule has 2 rings (SSSR count). The molecule has 3 N–H and O–H groups in total. The average Bonchev–Trinajstić information content (AvgIpc) is 2.41. The fraction of sp³-hybridized carbons (Fsp3) is 0.417. The van der Waals surface area contributed by atoms with Gasteiger partial charge < -0.3 is 10.3 Å². The lowest BCUT2D eigenvalue weighted by atomic mass is 10.1. The quantitative estimate of drug-likeness (QED) is 0.486. The van der Waals surface area contributed by atoms with Gasteiger partial charge >= 0.3 is 0 Å². The third kappa shape index (κ3) is 3.00. The molecule has 1 aliphatic rings. The second-order valence-electron chi connectivity index (χ2n) is 4.53. The molecule has 1 amide bonds. The van der Waals surface area contributed by atoms with Crippen molar-refractivity contribution in [3.05, 3.63) is 33.9 Å². The molecule has 1 saturated heterocycles. The van der Waals surface area contributed by atoms with Gasteiger partial charge in [-0.25, -0.2) is 0 Å². The zero-order chi connectivity index (χ0) is 13.8.